The van der Waals surface area contributed by atoms with Crippen LogP contribution in [0.3, 0.4) is 0 Å². The number of nitrogens with one attached hydrogen (secondary N) is 2. The molecular weight excluding hydrogens is 481 g/mol. The number of guanidine groups is 1. The summed E-state index contributed by atoms with van der Waals surface area (Å²) in [5, 5.41) is 9.44. The smallest absolute Gasteiger partial charge is 0.191 e. The third-order valence-electron chi connectivity index (χ3n) is 6.14. The quantitative estimate of drug-likeness (QED) is 0.343. The average Bonchev–Trinajstić information content (AvgIpc) is 3.30. The minimum Gasteiger partial charge on any atom is -0.356 e. The average molecular weight is 520 g/mol. The number of rotatable bonds is 6. The third-order valence-corrected chi connectivity index (χ3v) is 7.00. The maximum absolute atomic E-state index is 4.47. The number of hydrogen-bond donors (Lipinski definition) is 2. The molecule has 0 amide bonds. The van der Waals surface area contributed by atoms with Gasteiger partial charge in [0.25, 0.3) is 0 Å². The fourth-order valence-corrected chi connectivity index (χ4v) is 4.94. The lowest BCUT2D eigenvalue weighted by Gasteiger charge is -2.32. The molecule has 1 aromatic heterocycles. The van der Waals surface area contributed by atoms with Crippen LogP contribution in [0.5, 0.6) is 0 Å². The summed E-state index contributed by atoms with van der Waals surface area (Å²) in [5.74, 6) is 2.38. The molecule has 0 aliphatic carbocycles. The minimum atomic E-state index is 0. The highest BCUT2D eigenvalue weighted by Crippen LogP contribution is 2.21. The first-order valence-corrected chi connectivity index (χ1v) is 11.4. The van der Waals surface area contributed by atoms with Crippen molar-refractivity contribution in [2.75, 3.05) is 39.8 Å². The van der Waals surface area contributed by atoms with E-state index in [0.717, 1.165) is 31.5 Å². The normalized spacial score (nSPS) is 25.1. The van der Waals surface area contributed by atoms with Crippen molar-refractivity contribution in [1.82, 2.24) is 20.4 Å². The van der Waals surface area contributed by atoms with Gasteiger partial charge in [-0.25, -0.2) is 0 Å². The predicted octanol–water partition coefficient (Wildman–Crippen LogP) is 3.47. The lowest BCUT2D eigenvalue weighted by atomic mass is 9.97. The molecule has 2 N–H and O–H groups in total. The molecule has 2 fully saturated rings. The molecule has 2 saturated heterocycles. The van der Waals surface area contributed by atoms with Crippen molar-refractivity contribution in [2.24, 2.45) is 16.8 Å². The molecule has 0 spiro atoms. The molecule has 2 aliphatic rings. The summed E-state index contributed by atoms with van der Waals surface area (Å²) in [6, 6.07) is 5.51. The molecule has 3 heterocycles. The van der Waals surface area contributed by atoms with Crippen molar-refractivity contribution < 1.29 is 0 Å². The number of likely N-dealkylation sites (tertiary alicyclic amines) is 2. The van der Waals surface area contributed by atoms with E-state index in [9.17, 15) is 0 Å². The van der Waals surface area contributed by atoms with Crippen LogP contribution in [0.2, 0.25) is 0 Å². The Bertz CT molecular complexity index is 584. The molecule has 5 nitrogen and oxygen atoms in total. The summed E-state index contributed by atoms with van der Waals surface area (Å²) < 4.78 is 0. The molecule has 0 bridgehead atoms. The summed E-state index contributed by atoms with van der Waals surface area (Å²) in [6.07, 6.45) is 2.55. The van der Waals surface area contributed by atoms with E-state index in [0.29, 0.717) is 18.0 Å². The summed E-state index contributed by atoms with van der Waals surface area (Å²) in [4.78, 5) is 11.1. The largest absolute Gasteiger partial charge is 0.356 e. The van der Waals surface area contributed by atoms with E-state index in [4.69, 9.17) is 0 Å². The van der Waals surface area contributed by atoms with Gasteiger partial charge in [0.2, 0.25) is 0 Å². The van der Waals surface area contributed by atoms with E-state index >= 15 is 0 Å². The van der Waals surface area contributed by atoms with Crippen molar-refractivity contribution in [3.05, 3.63) is 22.4 Å². The number of piperidine rings is 1. The van der Waals surface area contributed by atoms with E-state index < -0.39 is 0 Å². The summed E-state index contributed by atoms with van der Waals surface area (Å²) in [7, 11) is 1.89. The highest BCUT2D eigenvalue weighted by atomic mass is 127. The SMILES string of the molecule is CN=C(NCC1CCN(Cc2cccs2)CC1)NC1CN(C(C)C)CC1C.I. The molecule has 0 aromatic carbocycles. The topological polar surface area (TPSA) is 42.9 Å². The van der Waals surface area contributed by atoms with Crippen molar-refractivity contribution in [3.63, 3.8) is 0 Å². The molecule has 2 atom stereocenters. The maximum Gasteiger partial charge on any atom is 0.191 e. The Labute approximate surface area is 192 Å². The van der Waals surface area contributed by atoms with Crippen LogP contribution in [0.25, 0.3) is 0 Å². The summed E-state index contributed by atoms with van der Waals surface area (Å²) >= 11 is 1.87. The molecule has 2 aliphatic heterocycles. The van der Waals surface area contributed by atoms with Gasteiger partial charge in [0.05, 0.1) is 0 Å². The molecule has 3 rings (SSSR count). The van der Waals surface area contributed by atoms with Crippen LogP contribution >= 0.6 is 35.3 Å². The van der Waals surface area contributed by atoms with Gasteiger partial charge in [-0.2, -0.15) is 0 Å². The highest BCUT2D eigenvalue weighted by Gasteiger charge is 2.31. The van der Waals surface area contributed by atoms with Crippen LogP contribution in [0.1, 0.15) is 38.5 Å². The fraction of sp³-hybridized carbons (Fsp3) is 0.762. The lowest BCUT2D eigenvalue weighted by Crippen LogP contribution is -2.48. The molecular formula is C21H38IN5S. The third kappa shape index (κ3) is 6.85. The molecule has 0 saturated carbocycles. The lowest BCUT2D eigenvalue weighted by molar-refractivity contribution is 0.179. The summed E-state index contributed by atoms with van der Waals surface area (Å²) in [5.41, 5.74) is 0. The van der Waals surface area contributed by atoms with Gasteiger partial charge in [-0.3, -0.25) is 14.8 Å². The van der Waals surface area contributed by atoms with E-state index in [2.05, 4.69) is 63.7 Å². The van der Waals surface area contributed by atoms with E-state index in [-0.39, 0.29) is 24.0 Å². The first kappa shape index (κ1) is 23.9. The number of halogens is 1. The van der Waals surface area contributed by atoms with Crippen molar-refractivity contribution >= 4 is 41.3 Å². The molecule has 2 unspecified atom stereocenters. The first-order valence-electron chi connectivity index (χ1n) is 10.5. The molecule has 0 radical (unpaired) electrons. The molecule has 160 valence electrons. The van der Waals surface area contributed by atoms with Crippen LogP contribution < -0.4 is 10.6 Å². The Morgan fingerprint density at radius 1 is 1.29 bits per heavy atom. The van der Waals surface area contributed by atoms with Gasteiger partial charge in [0.15, 0.2) is 5.96 Å². The van der Waals surface area contributed by atoms with Crippen molar-refractivity contribution in [2.45, 2.75) is 52.2 Å². The maximum atomic E-state index is 4.47. The molecule has 28 heavy (non-hydrogen) atoms. The Balaban J connectivity index is 0.00000280. The van der Waals surface area contributed by atoms with E-state index in [1.165, 1.54) is 37.4 Å². The number of nitrogens with zero attached hydrogens (tertiary/aromatic N) is 3. The molecule has 7 heteroatoms. The van der Waals surface area contributed by atoms with Gasteiger partial charge in [0, 0.05) is 50.2 Å². The standard InChI is InChI=1S/C21H37N5S.HI/c1-16(2)26-13-17(3)20(15-26)24-21(22-4)23-12-18-7-9-25(10-8-18)14-19-6-5-11-27-19;/h5-6,11,16-18,20H,7-10,12-15H2,1-4H3,(H2,22,23,24);1H. The van der Waals surface area contributed by atoms with Crippen molar-refractivity contribution in [3.8, 4) is 0 Å². The predicted molar refractivity (Wildman–Crippen MR) is 132 cm³/mol. The van der Waals surface area contributed by atoms with Gasteiger partial charge >= 0.3 is 0 Å². The Morgan fingerprint density at radius 3 is 2.61 bits per heavy atom. The second-order valence-corrected chi connectivity index (χ2v) is 9.56. The Hall–Kier alpha value is -0.380. The fourth-order valence-electron chi connectivity index (χ4n) is 4.20. The second kappa shape index (κ2) is 11.7. The van der Waals surface area contributed by atoms with Gasteiger partial charge in [-0.15, -0.1) is 35.3 Å². The van der Waals surface area contributed by atoms with Crippen LogP contribution in [0.4, 0.5) is 0 Å². The Morgan fingerprint density at radius 2 is 2.04 bits per heavy atom. The first-order chi connectivity index (χ1) is 13.0. The minimum absolute atomic E-state index is 0. The van der Waals surface area contributed by atoms with E-state index in [1.54, 1.807) is 0 Å². The van der Waals surface area contributed by atoms with Gasteiger partial charge in [-0.1, -0.05) is 13.0 Å². The van der Waals surface area contributed by atoms with E-state index in [1.807, 2.05) is 18.4 Å². The highest BCUT2D eigenvalue weighted by molar-refractivity contribution is 14.0. The van der Waals surface area contributed by atoms with Gasteiger partial charge in [-0.05, 0) is 63.1 Å². The zero-order valence-electron chi connectivity index (χ0n) is 17.9. The Kier molecular flexibility index (Phi) is 10.00. The van der Waals surface area contributed by atoms with Crippen LogP contribution in [0, 0.1) is 11.8 Å². The van der Waals surface area contributed by atoms with Gasteiger partial charge < -0.3 is 10.6 Å². The zero-order valence-corrected chi connectivity index (χ0v) is 21.0. The van der Waals surface area contributed by atoms with Crippen LogP contribution in [-0.2, 0) is 6.54 Å². The number of thiophene rings is 1. The zero-order chi connectivity index (χ0) is 19.2. The number of aliphatic imine (C=N–C) groups is 1. The van der Waals surface area contributed by atoms with Crippen LogP contribution in [-0.4, -0.2) is 67.6 Å². The van der Waals surface area contributed by atoms with Crippen LogP contribution in [0.15, 0.2) is 22.5 Å². The second-order valence-electron chi connectivity index (χ2n) is 8.53. The number of hydrogen-bond acceptors (Lipinski definition) is 4. The van der Waals surface area contributed by atoms with Gasteiger partial charge in [0.1, 0.15) is 0 Å². The monoisotopic (exact) mass is 519 g/mol. The molecule has 1 aromatic rings. The van der Waals surface area contributed by atoms with Crippen molar-refractivity contribution in [1.29, 1.82) is 0 Å². The summed E-state index contributed by atoms with van der Waals surface area (Å²) in [6.45, 7) is 13.8.